The summed E-state index contributed by atoms with van der Waals surface area (Å²) in [6.07, 6.45) is -1.18. The number of ether oxygens (including phenoxy) is 2. The van der Waals surface area contributed by atoms with Crippen molar-refractivity contribution in [2.45, 2.75) is 25.6 Å². The van der Waals surface area contributed by atoms with Gasteiger partial charge in [-0.15, -0.1) is 0 Å². The van der Waals surface area contributed by atoms with Gasteiger partial charge in [-0.05, 0) is 72.0 Å². The van der Waals surface area contributed by atoms with Gasteiger partial charge in [0.25, 0.3) is 11.7 Å². The van der Waals surface area contributed by atoms with E-state index < -0.39 is 30.1 Å². The number of carbonyl (C=O) groups excluding carboxylic acids is 3. The summed E-state index contributed by atoms with van der Waals surface area (Å²) in [6, 6.07) is 31.5. The van der Waals surface area contributed by atoms with Crippen molar-refractivity contribution in [2.75, 3.05) is 13.7 Å². The second kappa shape index (κ2) is 17.9. The predicted octanol–water partition coefficient (Wildman–Crippen LogP) is 3.36. The number of benzene rings is 4. The summed E-state index contributed by atoms with van der Waals surface area (Å²) in [7, 11) is 1.34. The molecule has 4 aromatic rings. The number of methoxy groups -OCH3 is 1. The average molecular weight is 676 g/mol. The zero-order valence-electron chi connectivity index (χ0n) is 26.8. The number of halogens is 3. The number of esters is 1. The number of carbonyl (C=O) groups is 3. The highest BCUT2D eigenvalue weighted by molar-refractivity contribution is 5.95. The maximum Gasteiger partial charge on any atom is 0.430 e. The van der Waals surface area contributed by atoms with Gasteiger partial charge in [-0.2, -0.15) is 13.2 Å². The number of nitrogens with two attached hydrogens (primary N) is 2. The Morgan fingerprint density at radius 3 is 2.02 bits per heavy atom. The number of rotatable bonds is 12. The number of amidine groups is 1. The normalized spacial score (nSPS) is 12.2. The Morgan fingerprint density at radius 2 is 1.49 bits per heavy atom. The van der Waals surface area contributed by atoms with Crippen LogP contribution in [0.5, 0.6) is 5.75 Å². The molecule has 256 valence electrons. The summed E-state index contributed by atoms with van der Waals surface area (Å²) in [6.45, 7) is 2.55. The number of hydrogen-bond donors (Lipinski definition) is 3. The van der Waals surface area contributed by atoms with Crippen molar-refractivity contribution in [1.82, 2.24) is 5.32 Å². The summed E-state index contributed by atoms with van der Waals surface area (Å²) < 4.78 is 42.3. The molecule has 0 unspecified atom stereocenters. The van der Waals surface area contributed by atoms with E-state index in [4.69, 9.17) is 30.5 Å². The molecule has 0 heterocycles. The van der Waals surface area contributed by atoms with Crippen LogP contribution in [-0.2, 0) is 20.7 Å². The van der Waals surface area contributed by atoms with Crippen molar-refractivity contribution in [3.8, 4) is 16.9 Å². The maximum absolute atomic E-state index is 13.5. The van der Waals surface area contributed by atoms with Gasteiger partial charge in [0.15, 0.2) is 0 Å². The van der Waals surface area contributed by atoms with Crippen LogP contribution in [-0.4, -0.2) is 49.6 Å². The molecule has 9 nitrogen and oxygen atoms in total. The highest BCUT2D eigenvalue weighted by atomic mass is 19.4. The number of alkyl halides is 3. The summed E-state index contributed by atoms with van der Waals surface area (Å²) in [4.78, 5) is 35.4. The lowest BCUT2D eigenvalue weighted by Gasteiger charge is -2.24. The second-order valence-corrected chi connectivity index (χ2v) is 10.6. The van der Waals surface area contributed by atoms with E-state index in [0.29, 0.717) is 24.2 Å². The molecular formula is C37H36F3N3O6. The van der Waals surface area contributed by atoms with Gasteiger partial charge < -0.3 is 24.7 Å². The third-order valence-corrected chi connectivity index (χ3v) is 7.12. The largest absolute Gasteiger partial charge is 0.542 e. The molecule has 4 rings (SSSR count). The molecule has 0 aromatic heterocycles. The zero-order valence-corrected chi connectivity index (χ0v) is 26.8. The van der Waals surface area contributed by atoms with Gasteiger partial charge in [-0.3, -0.25) is 20.7 Å². The topological polar surface area (TPSA) is 156 Å². The van der Waals surface area contributed by atoms with E-state index in [-0.39, 0.29) is 11.7 Å². The molecule has 0 spiro atoms. The standard InChI is InChI=1S/C35H35N3O4.C2HF3O2/c1-3-42-30-19-17-27(18-20-30)26-13-15-28(16-14-26)34(39)38-32(21-12-24-8-5-4-6-9-24)31(35(40)41-2)23-25-10-7-11-29(22-25)33(36)37;3-2(4,5)1(6)7/h4-22,31-32H,3,23H2,1-2H3,(H3,36,37)(H,38,39);(H,6,7)/b21-12+;/t31-,32-;/m1./s1. The lowest BCUT2D eigenvalue weighted by molar-refractivity contribution is -0.344. The monoisotopic (exact) mass is 675 g/mol. The van der Waals surface area contributed by atoms with Gasteiger partial charge in [0.2, 0.25) is 0 Å². The van der Waals surface area contributed by atoms with Crippen molar-refractivity contribution in [1.29, 1.82) is 0 Å². The van der Waals surface area contributed by atoms with E-state index in [9.17, 15) is 22.8 Å². The van der Waals surface area contributed by atoms with Gasteiger partial charge in [0, 0.05) is 5.56 Å². The Bertz CT molecular complexity index is 1740. The lowest BCUT2D eigenvalue weighted by Crippen LogP contribution is -2.46. The smallest absolute Gasteiger partial charge is 0.430 e. The van der Waals surface area contributed by atoms with Gasteiger partial charge in [0.05, 0.1) is 31.2 Å². The molecular weight excluding hydrogens is 639 g/mol. The summed E-state index contributed by atoms with van der Waals surface area (Å²) in [5, 5.41) is 17.6. The van der Waals surface area contributed by atoms with Crippen LogP contribution in [0.3, 0.4) is 0 Å². The zero-order chi connectivity index (χ0) is 36.0. The van der Waals surface area contributed by atoms with Gasteiger partial charge in [0.1, 0.15) is 11.7 Å². The Hall–Kier alpha value is -5.91. The average Bonchev–Trinajstić information content (AvgIpc) is 3.09. The van der Waals surface area contributed by atoms with Crippen molar-refractivity contribution >= 4 is 29.8 Å². The van der Waals surface area contributed by atoms with Crippen LogP contribution in [0.2, 0.25) is 0 Å². The fourth-order valence-electron chi connectivity index (χ4n) is 4.66. The Balaban J connectivity index is 0.000000838. The first-order valence-corrected chi connectivity index (χ1v) is 15.0. The summed E-state index contributed by atoms with van der Waals surface area (Å²) >= 11 is 0. The fourth-order valence-corrected chi connectivity index (χ4v) is 4.66. The van der Waals surface area contributed by atoms with E-state index in [1.54, 1.807) is 18.2 Å². The van der Waals surface area contributed by atoms with Gasteiger partial charge >= 0.3 is 12.1 Å². The minimum Gasteiger partial charge on any atom is -0.542 e. The number of hydrogen-bond acceptors (Lipinski definition) is 6. The third kappa shape index (κ3) is 11.7. The second-order valence-electron chi connectivity index (χ2n) is 10.6. The van der Waals surface area contributed by atoms with E-state index in [0.717, 1.165) is 28.0 Å². The highest BCUT2D eigenvalue weighted by Gasteiger charge is 2.30. The van der Waals surface area contributed by atoms with Crippen LogP contribution in [0.25, 0.3) is 17.2 Å². The van der Waals surface area contributed by atoms with E-state index in [2.05, 4.69) is 5.32 Å². The number of carboxylic acid groups (broad SMARTS) is 1. The quantitative estimate of drug-likeness (QED) is 0.118. The van der Waals surface area contributed by atoms with Crippen molar-refractivity contribution in [3.63, 3.8) is 0 Å². The molecule has 0 saturated carbocycles. The van der Waals surface area contributed by atoms with Crippen LogP contribution < -0.4 is 26.3 Å². The molecule has 0 saturated heterocycles. The van der Waals surface area contributed by atoms with E-state index in [1.165, 1.54) is 7.11 Å². The van der Waals surface area contributed by atoms with Crippen LogP contribution in [0.1, 0.15) is 34.0 Å². The SMILES string of the molecule is CCOc1ccc(-c2ccc(C(=O)N[C@H](/C=C/c3ccccc3)[C@@H](Cc3cccc(C(N)=[NH2+])c3)C(=O)OC)cc2)cc1.O=C([O-])C(F)(F)F. The first-order chi connectivity index (χ1) is 23.3. The number of aliphatic carboxylic acids is 1. The molecule has 0 bridgehead atoms. The Morgan fingerprint density at radius 1 is 0.898 bits per heavy atom. The molecule has 0 aliphatic rings. The minimum atomic E-state index is -5.19. The lowest BCUT2D eigenvalue weighted by atomic mass is 9.90. The van der Waals surface area contributed by atoms with Crippen molar-refractivity contribution in [2.24, 2.45) is 11.7 Å². The Labute approximate surface area is 281 Å². The first kappa shape index (κ1) is 37.5. The molecule has 1 amide bonds. The molecule has 12 heteroatoms. The van der Waals surface area contributed by atoms with Gasteiger partial charge in [-0.1, -0.05) is 78.9 Å². The predicted molar refractivity (Wildman–Crippen MR) is 177 cm³/mol. The maximum atomic E-state index is 13.5. The van der Waals surface area contributed by atoms with Gasteiger partial charge in [-0.25, -0.2) is 0 Å². The number of nitrogens with one attached hydrogen (secondary N) is 1. The molecule has 49 heavy (non-hydrogen) atoms. The van der Waals surface area contributed by atoms with Crippen molar-refractivity contribution in [3.05, 3.63) is 131 Å². The third-order valence-electron chi connectivity index (χ3n) is 7.12. The van der Waals surface area contributed by atoms with E-state index in [1.807, 2.05) is 104 Å². The molecule has 0 fully saturated rings. The van der Waals surface area contributed by atoms with Crippen LogP contribution in [0.15, 0.2) is 109 Å². The Kier molecular flexibility index (Phi) is 13.7. The molecule has 4 aromatic carbocycles. The van der Waals surface area contributed by atoms with Crippen molar-refractivity contribution < 1.29 is 47.5 Å². The minimum absolute atomic E-state index is 0.189. The van der Waals surface area contributed by atoms with Crippen LogP contribution in [0, 0.1) is 5.92 Å². The fraction of sp³-hybridized carbons (Fsp3) is 0.189. The first-order valence-electron chi connectivity index (χ1n) is 15.0. The number of carboxylic acids is 1. The highest BCUT2D eigenvalue weighted by Crippen LogP contribution is 2.24. The van der Waals surface area contributed by atoms with Crippen LogP contribution in [0.4, 0.5) is 13.2 Å². The molecule has 2 atom stereocenters. The molecule has 0 radical (unpaired) electrons. The molecule has 5 N–H and O–H groups in total. The molecule has 0 aliphatic carbocycles. The molecule has 0 aliphatic heterocycles. The summed E-state index contributed by atoms with van der Waals surface area (Å²) in [5.41, 5.74) is 10.7. The number of amides is 1. The van der Waals surface area contributed by atoms with E-state index >= 15 is 0 Å². The van der Waals surface area contributed by atoms with Crippen LogP contribution >= 0.6 is 0 Å². The summed E-state index contributed by atoms with van der Waals surface area (Å²) in [5.74, 6) is -3.47.